The first-order valence-corrected chi connectivity index (χ1v) is 9.39. The maximum absolute atomic E-state index is 11.5. The molecule has 0 N–H and O–H groups in total. The molecule has 0 spiro atoms. The maximum atomic E-state index is 11.5. The third-order valence-corrected chi connectivity index (χ3v) is 3.57. The SMILES string of the molecule is CCCCCCC=COC(=O)CCC(=O)OC=CCCCCCC. The van der Waals surface area contributed by atoms with E-state index >= 15 is 0 Å². The van der Waals surface area contributed by atoms with Crippen LogP contribution in [0, 0.1) is 0 Å². The zero-order valence-electron chi connectivity index (χ0n) is 15.4. The van der Waals surface area contributed by atoms with Crippen molar-refractivity contribution in [2.45, 2.75) is 90.9 Å². The van der Waals surface area contributed by atoms with Gasteiger partial charge in [-0.1, -0.05) is 52.4 Å². The zero-order chi connectivity index (χ0) is 17.9. The lowest BCUT2D eigenvalue weighted by atomic mass is 10.1. The molecular weight excluding hydrogens is 304 g/mol. The van der Waals surface area contributed by atoms with Gasteiger partial charge in [0.2, 0.25) is 0 Å². The van der Waals surface area contributed by atoms with Gasteiger partial charge < -0.3 is 9.47 Å². The summed E-state index contributed by atoms with van der Waals surface area (Å²) in [6.07, 6.45) is 18.0. The highest BCUT2D eigenvalue weighted by molar-refractivity contribution is 5.78. The minimum atomic E-state index is -0.402. The molecule has 0 bridgehead atoms. The zero-order valence-corrected chi connectivity index (χ0v) is 15.4. The molecule has 0 saturated carbocycles. The second-order valence-corrected chi connectivity index (χ2v) is 5.92. The molecule has 4 nitrogen and oxygen atoms in total. The summed E-state index contributed by atoms with van der Waals surface area (Å²) in [6, 6.07) is 0. The fourth-order valence-electron chi connectivity index (χ4n) is 2.08. The van der Waals surface area contributed by atoms with Crippen LogP contribution in [0.5, 0.6) is 0 Å². The molecule has 0 aliphatic heterocycles. The molecule has 0 unspecified atom stereocenters. The lowest BCUT2D eigenvalue weighted by molar-refractivity contribution is -0.144. The van der Waals surface area contributed by atoms with Crippen LogP contribution in [-0.2, 0) is 19.1 Å². The predicted molar refractivity (Wildman–Crippen MR) is 97.2 cm³/mol. The van der Waals surface area contributed by atoms with Crippen molar-refractivity contribution in [1.29, 1.82) is 0 Å². The molecule has 24 heavy (non-hydrogen) atoms. The Hall–Kier alpha value is -1.58. The second-order valence-electron chi connectivity index (χ2n) is 5.92. The van der Waals surface area contributed by atoms with Crippen molar-refractivity contribution in [1.82, 2.24) is 0 Å². The molecule has 0 aliphatic rings. The van der Waals surface area contributed by atoms with Gasteiger partial charge in [0, 0.05) is 0 Å². The lowest BCUT2D eigenvalue weighted by Crippen LogP contribution is -2.06. The number of carbonyl (C=O) groups excluding carboxylic acids is 2. The summed E-state index contributed by atoms with van der Waals surface area (Å²) in [5.41, 5.74) is 0. The van der Waals surface area contributed by atoms with E-state index in [0.717, 1.165) is 25.7 Å². The highest BCUT2D eigenvalue weighted by atomic mass is 16.5. The number of hydrogen-bond acceptors (Lipinski definition) is 4. The topological polar surface area (TPSA) is 52.6 Å². The number of hydrogen-bond donors (Lipinski definition) is 0. The first-order valence-electron chi connectivity index (χ1n) is 9.39. The van der Waals surface area contributed by atoms with Crippen LogP contribution in [0.4, 0.5) is 0 Å². The first-order chi connectivity index (χ1) is 11.7. The Morgan fingerprint density at radius 1 is 0.667 bits per heavy atom. The van der Waals surface area contributed by atoms with Crippen molar-refractivity contribution in [3.8, 4) is 0 Å². The van der Waals surface area contributed by atoms with Crippen LogP contribution in [0.25, 0.3) is 0 Å². The molecule has 0 aliphatic carbocycles. The lowest BCUT2D eigenvalue weighted by Gasteiger charge is -2.00. The van der Waals surface area contributed by atoms with Crippen molar-refractivity contribution in [3.05, 3.63) is 24.7 Å². The van der Waals surface area contributed by atoms with E-state index in [0.29, 0.717) is 0 Å². The van der Waals surface area contributed by atoms with E-state index in [2.05, 4.69) is 13.8 Å². The minimum Gasteiger partial charge on any atom is -0.435 e. The molecule has 0 amide bonds. The molecule has 0 rings (SSSR count). The molecule has 0 aromatic heterocycles. The highest BCUT2D eigenvalue weighted by Gasteiger charge is 2.07. The number of esters is 2. The van der Waals surface area contributed by atoms with Crippen LogP contribution < -0.4 is 0 Å². The number of rotatable bonds is 15. The predicted octanol–water partition coefficient (Wildman–Crippen LogP) is 5.82. The molecule has 0 saturated heterocycles. The van der Waals surface area contributed by atoms with Gasteiger partial charge in [0.15, 0.2) is 0 Å². The quantitative estimate of drug-likeness (QED) is 0.214. The summed E-state index contributed by atoms with van der Waals surface area (Å²) in [4.78, 5) is 22.9. The van der Waals surface area contributed by atoms with E-state index in [9.17, 15) is 9.59 Å². The summed E-state index contributed by atoms with van der Waals surface area (Å²) in [7, 11) is 0. The van der Waals surface area contributed by atoms with Crippen LogP contribution >= 0.6 is 0 Å². The average molecular weight is 338 g/mol. The molecule has 0 aromatic carbocycles. The van der Waals surface area contributed by atoms with Gasteiger partial charge in [-0.25, -0.2) is 0 Å². The number of carbonyl (C=O) groups is 2. The third-order valence-electron chi connectivity index (χ3n) is 3.57. The number of unbranched alkanes of at least 4 members (excludes halogenated alkanes) is 8. The van der Waals surface area contributed by atoms with Gasteiger partial charge in [0.1, 0.15) is 0 Å². The smallest absolute Gasteiger partial charge is 0.311 e. The molecule has 0 radical (unpaired) electrons. The minimum absolute atomic E-state index is 0.0450. The molecule has 0 aromatic rings. The largest absolute Gasteiger partial charge is 0.435 e. The summed E-state index contributed by atoms with van der Waals surface area (Å²) < 4.78 is 9.87. The van der Waals surface area contributed by atoms with Crippen molar-refractivity contribution < 1.29 is 19.1 Å². The van der Waals surface area contributed by atoms with Gasteiger partial charge in [-0.3, -0.25) is 9.59 Å². The van der Waals surface area contributed by atoms with Gasteiger partial charge in [-0.2, -0.15) is 0 Å². The Morgan fingerprint density at radius 2 is 1.08 bits per heavy atom. The van der Waals surface area contributed by atoms with Crippen LogP contribution in [0.3, 0.4) is 0 Å². The van der Waals surface area contributed by atoms with Gasteiger partial charge in [0.25, 0.3) is 0 Å². The van der Waals surface area contributed by atoms with Gasteiger partial charge >= 0.3 is 11.9 Å². The average Bonchev–Trinajstić information content (AvgIpc) is 2.58. The van der Waals surface area contributed by atoms with Crippen molar-refractivity contribution in [3.63, 3.8) is 0 Å². The van der Waals surface area contributed by atoms with Crippen molar-refractivity contribution >= 4 is 11.9 Å². The van der Waals surface area contributed by atoms with Crippen molar-refractivity contribution in [2.24, 2.45) is 0 Å². The van der Waals surface area contributed by atoms with Crippen LogP contribution in [0.1, 0.15) is 90.9 Å². The molecule has 4 heteroatoms. The number of ether oxygens (including phenoxy) is 2. The van der Waals surface area contributed by atoms with E-state index in [-0.39, 0.29) is 12.8 Å². The van der Waals surface area contributed by atoms with Gasteiger partial charge in [0.05, 0.1) is 25.4 Å². The normalized spacial score (nSPS) is 11.2. The fourth-order valence-corrected chi connectivity index (χ4v) is 2.08. The fraction of sp³-hybridized carbons (Fsp3) is 0.700. The number of allylic oxidation sites excluding steroid dienone is 2. The van der Waals surface area contributed by atoms with E-state index in [1.807, 2.05) is 12.2 Å². The molecule has 0 fully saturated rings. The second kappa shape index (κ2) is 17.8. The summed E-state index contributed by atoms with van der Waals surface area (Å²) in [5, 5.41) is 0. The van der Waals surface area contributed by atoms with E-state index in [1.165, 1.54) is 51.0 Å². The molecule has 0 atom stereocenters. The van der Waals surface area contributed by atoms with E-state index in [1.54, 1.807) is 0 Å². The molecular formula is C20H34O4. The Kier molecular flexibility index (Phi) is 16.6. The van der Waals surface area contributed by atoms with Crippen LogP contribution in [0.15, 0.2) is 24.7 Å². The van der Waals surface area contributed by atoms with Gasteiger partial charge in [-0.15, -0.1) is 0 Å². The van der Waals surface area contributed by atoms with Crippen molar-refractivity contribution in [2.75, 3.05) is 0 Å². The van der Waals surface area contributed by atoms with E-state index < -0.39 is 11.9 Å². The monoisotopic (exact) mass is 338 g/mol. The standard InChI is InChI=1S/C20H34O4/c1-3-5-7-9-11-13-17-23-19(21)15-16-20(22)24-18-14-12-10-8-6-4-2/h13-14,17-18H,3-12,15-16H2,1-2H3. The van der Waals surface area contributed by atoms with Crippen LogP contribution in [0.2, 0.25) is 0 Å². The molecule has 138 valence electrons. The Balaban J connectivity index is 3.55. The summed E-state index contributed by atoms with van der Waals surface area (Å²) in [6.45, 7) is 4.35. The Bertz CT molecular complexity index is 336. The summed E-state index contributed by atoms with van der Waals surface area (Å²) >= 11 is 0. The Labute approximate surface area is 147 Å². The van der Waals surface area contributed by atoms with Crippen LogP contribution in [-0.4, -0.2) is 11.9 Å². The Morgan fingerprint density at radius 3 is 1.46 bits per heavy atom. The highest BCUT2D eigenvalue weighted by Crippen LogP contribution is 2.04. The molecule has 0 heterocycles. The summed E-state index contributed by atoms with van der Waals surface area (Å²) in [5.74, 6) is -0.805. The van der Waals surface area contributed by atoms with E-state index in [4.69, 9.17) is 9.47 Å². The maximum Gasteiger partial charge on any atom is 0.311 e. The third kappa shape index (κ3) is 16.8. The first kappa shape index (κ1) is 22.4. The van der Waals surface area contributed by atoms with Gasteiger partial charge in [-0.05, 0) is 37.8 Å².